The molecule has 4 nitrogen and oxygen atoms in total. The van der Waals surface area contributed by atoms with Crippen LogP contribution < -0.4 is 10.1 Å². The van der Waals surface area contributed by atoms with Crippen molar-refractivity contribution in [1.29, 1.82) is 0 Å². The minimum atomic E-state index is -0.614. The van der Waals surface area contributed by atoms with Gasteiger partial charge in [-0.1, -0.05) is 12.1 Å². The lowest BCUT2D eigenvalue weighted by Crippen LogP contribution is -2.14. The van der Waals surface area contributed by atoms with Crippen LogP contribution in [-0.2, 0) is 0 Å². The van der Waals surface area contributed by atoms with Gasteiger partial charge in [-0.25, -0.2) is 0 Å². The maximum Gasteiger partial charge on any atom is 0.255 e. The summed E-state index contributed by atoms with van der Waals surface area (Å²) in [6.07, 6.45) is 0.0706. The van der Waals surface area contributed by atoms with Gasteiger partial charge in [0.2, 0.25) is 0 Å². The topological polar surface area (TPSA) is 55.4 Å². The molecule has 0 atom stereocenters. The maximum absolute atomic E-state index is 12.2. The van der Waals surface area contributed by atoms with E-state index in [4.69, 9.17) is 16.3 Å². The first-order valence-corrected chi connectivity index (χ1v) is 7.22. The average molecular weight is 318 g/mol. The first-order chi connectivity index (χ1) is 10.5. The molecule has 2 rings (SSSR count). The molecule has 1 amide bonds. The molecule has 0 bridgehead atoms. The summed E-state index contributed by atoms with van der Waals surface area (Å²) in [5, 5.41) is 2.07. The molecule has 22 heavy (non-hydrogen) atoms. The Kier molecular flexibility index (Phi) is 5.17. The third-order valence-corrected chi connectivity index (χ3v) is 3.08. The van der Waals surface area contributed by atoms with Gasteiger partial charge in [-0.3, -0.25) is 9.59 Å². The van der Waals surface area contributed by atoms with E-state index in [9.17, 15) is 9.59 Å². The Bertz CT molecular complexity index is 681. The maximum atomic E-state index is 12.2. The Labute approximate surface area is 134 Å². The van der Waals surface area contributed by atoms with Crippen LogP contribution in [0.15, 0.2) is 48.5 Å². The molecule has 0 radical (unpaired) electrons. The molecule has 2 aromatic carbocycles. The van der Waals surface area contributed by atoms with Crippen molar-refractivity contribution in [2.24, 2.45) is 0 Å². The van der Waals surface area contributed by atoms with Crippen molar-refractivity contribution in [3.8, 4) is 5.75 Å². The highest BCUT2D eigenvalue weighted by Gasteiger charge is 2.12. The summed E-state index contributed by atoms with van der Waals surface area (Å²) in [7, 11) is 0. The number of nitrogens with one attached hydrogen (secondary N) is 1. The fourth-order valence-corrected chi connectivity index (χ4v) is 2.08. The van der Waals surface area contributed by atoms with Crippen molar-refractivity contribution in [1.82, 2.24) is 0 Å². The minimum Gasteiger partial charge on any atom is -0.491 e. The molecule has 0 heterocycles. The van der Waals surface area contributed by atoms with Crippen molar-refractivity contribution >= 4 is 28.4 Å². The van der Waals surface area contributed by atoms with Gasteiger partial charge >= 0.3 is 0 Å². The quantitative estimate of drug-likeness (QED) is 0.844. The van der Waals surface area contributed by atoms with Crippen LogP contribution in [0.1, 0.15) is 34.6 Å². The molecule has 1 N–H and O–H groups in total. The standard InChI is InChI=1S/C17H16ClNO3/c1-11(2)22-13-9-7-12(8-10-13)17(21)19-15-6-4-3-5-14(15)16(18)20/h3-11H,1-2H3,(H,19,21). The summed E-state index contributed by atoms with van der Waals surface area (Å²) in [5.74, 6) is 0.379. The van der Waals surface area contributed by atoms with E-state index in [1.54, 1.807) is 48.5 Å². The van der Waals surface area contributed by atoms with E-state index in [1.165, 1.54) is 0 Å². The molecule has 0 saturated carbocycles. The van der Waals surface area contributed by atoms with Gasteiger partial charge in [0.05, 0.1) is 17.4 Å². The second-order valence-corrected chi connectivity index (χ2v) is 5.31. The van der Waals surface area contributed by atoms with Crippen LogP contribution in [0, 0.1) is 0 Å². The predicted octanol–water partition coefficient (Wildman–Crippen LogP) is 4.11. The zero-order valence-corrected chi connectivity index (χ0v) is 13.1. The van der Waals surface area contributed by atoms with E-state index >= 15 is 0 Å². The lowest BCUT2D eigenvalue weighted by molar-refractivity contribution is 0.102. The first kappa shape index (κ1) is 16.0. The largest absolute Gasteiger partial charge is 0.491 e. The van der Waals surface area contributed by atoms with Gasteiger partial charge in [0.25, 0.3) is 11.1 Å². The number of amides is 1. The third kappa shape index (κ3) is 4.09. The first-order valence-electron chi connectivity index (χ1n) is 6.84. The van der Waals surface area contributed by atoms with Crippen molar-refractivity contribution in [2.75, 3.05) is 5.32 Å². The monoisotopic (exact) mass is 317 g/mol. The van der Waals surface area contributed by atoms with E-state index in [0.717, 1.165) is 0 Å². The molecule has 0 aliphatic rings. The zero-order valence-electron chi connectivity index (χ0n) is 12.3. The summed E-state index contributed by atoms with van der Waals surface area (Å²) in [5.41, 5.74) is 1.11. The fourth-order valence-electron chi connectivity index (χ4n) is 1.92. The van der Waals surface area contributed by atoms with Gasteiger partial charge in [-0.2, -0.15) is 0 Å². The molecule has 0 aliphatic carbocycles. The predicted molar refractivity (Wildman–Crippen MR) is 86.8 cm³/mol. The molecule has 5 heteroatoms. The van der Waals surface area contributed by atoms with Crippen LogP contribution in [-0.4, -0.2) is 17.3 Å². The number of ether oxygens (including phenoxy) is 1. The fraction of sp³-hybridized carbons (Fsp3) is 0.176. The Morgan fingerprint density at radius 2 is 1.68 bits per heavy atom. The Morgan fingerprint density at radius 3 is 2.27 bits per heavy atom. The van der Waals surface area contributed by atoms with E-state index < -0.39 is 5.24 Å². The Balaban J connectivity index is 2.14. The van der Waals surface area contributed by atoms with E-state index in [1.807, 2.05) is 13.8 Å². The minimum absolute atomic E-state index is 0.0706. The van der Waals surface area contributed by atoms with Gasteiger partial charge in [-0.05, 0) is 61.8 Å². The van der Waals surface area contributed by atoms with Crippen LogP contribution >= 0.6 is 11.6 Å². The average Bonchev–Trinajstić information content (AvgIpc) is 2.47. The molecular formula is C17H16ClNO3. The van der Waals surface area contributed by atoms with Gasteiger partial charge in [0.15, 0.2) is 0 Å². The number of benzene rings is 2. The molecule has 114 valence electrons. The van der Waals surface area contributed by atoms with Crippen LogP contribution in [0.5, 0.6) is 5.75 Å². The molecule has 0 saturated heterocycles. The van der Waals surface area contributed by atoms with Crippen molar-refractivity contribution in [2.45, 2.75) is 20.0 Å². The van der Waals surface area contributed by atoms with Crippen molar-refractivity contribution in [3.63, 3.8) is 0 Å². The summed E-state index contributed by atoms with van der Waals surface area (Å²) in [6, 6.07) is 13.4. The van der Waals surface area contributed by atoms with E-state index in [2.05, 4.69) is 5.32 Å². The molecule has 0 fully saturated rings. The van der Waals surface area contributed by atoms with Gasteiger partial charge < -0.3 is 10.1 Å². The number of hydrogen-bond acceptors (Lipinski definition) is 3. The highest BCUT2D eigenvalue weighted by atomic mass is 35.5. The highest BCUT2D eigenvalue weighted by molar-refractivity contribution is 6.68. The summed E-state index contributed by atoms with van der Waals surface area (Å²) in [4.78, 5) is 23.5. The Hall–Kier alpha value is -2.33. The van der Waals surface area contributed by atoms with Crippen LogP contribution in [0.4, 0.5) is 5.69 Å². The lowest BCUT2D eigenvalue weighted by Gasteiger charge is -2.11. The second kappa shape index (κ2) is 7.09. The van der Waals surface area contributed by atoms with Crippen LogP contribution in [0.3, 0.4) is 0 Å². The van der Waals surface area contributed by atoms with E-state index in [0.29, 0.717) is 17.0 Å². The zero-order chi connectivity index (χ0) is 16.1. The number of rotatable bonds is 5. The van der Waals surface area contributed by atoms with Crippen molar-refractivity contribution < 1.29 is 14.3 Å². The van der Waals surface area contributed by atoms with Crippen LogP contribution in [0.25, 0.3) is 0 Å². The van der Waals surface area contributed by atoms with Gasteiger partial charge in [-0.15, -0.1) is 0 Å². The van der Waals surface area contributed by atoms with Gasteiger partial charge in [0, 0.05) is 5.56 Å². The number of halogens is 1. The molecule has 2 aromatic rings. The second-order valence-electron chi connectivity index (χ2n) is 4.96. The Morgan fingerprint density at radius 1 is 1.05 bits per heavy atom. The van der Waals surface area contributed by atoms with Crippen molar-refractivity contribution in [3.05, 3.63) is 59.7 Å². The lowest BCUT2D eigenvalue weighted by atomic mass is 10.1. The normalized spacial score (nSPS) is 10.4. The highest BCUT2D eigenvalue weighted by Crippen LogP contribution is 2.19. The van der Waals surface area contributed by atoms with Crippen LogP contribution in [0.2, 0.25) is 0 Å². The number of anilines is 1. The number of carbonyl (C=O) groups excluding carboxylic acids is 2. The number of para-hydroxylation sites is 1. The SMILES string of the molecule is CC(C)Oc1ccc(C(=O)Nc2ccccc2C(=O)Cl)cc1. The molecule has 0 aromatic heterocycles. The molecule has 0 spiro atoms. The third-order valence-electron chi connectivity index (χ3n) is 2.88. The van der Waals surface area contributed by atoms with Gasteiger partial charge in [0.1, 0.15) is 5.75 Å². The number of carbonyl (C=O) groups is 2. The number of hydrogen-bond donors (Lipinski definition) is 1. The smallest absolute Gasteiger partial charge is 0.255 e. The summed E-state index contributed by atoms with van der Waals surface area (Å²) < 4.78 is 5.52. The molecular weight excluding hydrogens is 302 g/mol. The summed E-state index contributed by atoms with van der Waals surface area (Å²) in [6.45, 7) is 3.86. The summed E-state index contributed by atoms with van der Waals surface area (Å²) >= 11 is 5.50. The molecule has 0 aliphatic heterocycles. The molecule has 0 unspecified atom stereocenters. The van der Waals surface area contributed by atoms with E-state index in [-0.39, 0.29) is 17.6 Å².